The van der Waals surface area contributed by atoms with E-state index >= 15 is 0 Å². The summed E-state index contributed by atoms with van der Waals surface area (Å²) in [6.07, 6.45) is 7.22. The first kappa shape index (κ1) is 23.6. The molecule has 0 unspecified atom stereocenters. The Bertz CT molecular complexity index is 1510. The second-order valence-corrected chi connectivity index (χ2v) is 13.9. The van der Waals surface area contributed by atoms with Crippen LogP contribution in [0, 0.1) is 17.8 Å². The van der Waals surface area contributed by atoms with Crippen LogP contribution in [0.15, 0.2) is 53.9 Å². The van der Waals surface area contributed by atoms with Gasteiger partial charge in [0.15, 0.2) is 0 Å². The third-order valence-corrected chi connectivity index (χ3v) is 10.8. The minimum absolute atomic E-state index is 0.0715. The number of rotatable bonds is 4. The van der Waals surface area contributed by atoms with Gasteiger partial charge in [-0.05, 0) is 80.5 Å². The van der Waals surface area contributed by atoms with Gasteiger partial charge in [0.25, 0.3) is 10.0 Å². The number of nitrogens with one attached hydrogen (secondary N) is 1. The molecule has 8 rings (SSSR count). The Labute approximate surface area is 227 Å². The zero-order valence-electron chi connectivity index (χ0n) is 20.5. The summed E-state index contributed by atoms with van der Waals surface area (Å²) in [4.78, 5) is 0. The van der Waals surface area contributed by atoms with Gasteiger partial charge in [0, 0.05) is 23.2 Å². The Hall–Kier alpha value is -2.48. The van der Waals surface area contributed by atoms with Crippen LogP contribution in [0.4, 0.5) is 5.69 Å². The molecule has 0 radical (unpaired) electrons. The van der Waals surface area contributed by atoms with Crippen molar-refractivity contribution in [2.24, 2.45) is 17.8 Å². The lowest BCUT2D eigenvalue weighted by molar-refractivity contribution is -0.0114. The molecule has 4 fully saturated rings. The normalized spacial score (nSPS) is 29.2. The number of benzene rings is 2. The van der Waals surface area contributed by atoms with E-state index in [1.54, 1.807) is 23.9 Å². The minimum Gasteiger partial charge on any atom is -0.377 e. The van der Waals surface area contributed by atoms with Gasteiger partial charge in [0.1, 0.15) is 11.4 Å². The molecule has 4 saturated carbocycles. The van der Waals surface area contributed by atoms with E-state index in [1.807, 2.05) is 36.4 Å². The van der Waals surface area contributed by atoms with E-state index in [9.17, 15) is 8.42 Å². The Kier molecular flexibility index (Phi) is 5.27. The van der Waals surface area contributed by atoms with Gasteiger partial charge >= 0.3 is 0 Å². The molecule has 0 saturated heterocycles. The summed E-state index contributed by atoms with van der Waals surface area (Å²) in [7, 11) is -2.14. The molecule has 4 bridgehead atoms. The van der Waals surface area contributed by atoms with Crippen molar-refractivity contribution in [3.8, 4) is 16.9 Å². The molecule has 9 heteroatoms. The average molecular weight is 556 g/mol. The van der Waals surface area contributed by atoms with Crippen molar-refractivity contribution in [1.29, 1.82) is 0 Å². The smallest absolute Gasteiger partial charge is 0.259 e. The van der Waals surface area contributed by atoms with Crippen LogP contribution in [0.5, 0.6) is 0 Å². The maximum Gasteiger partial charge on any atom is 0.259 e. The lowest BCUT2D eigenvalue weighted by Gasteiger charge is -2.57. The summed E-state index contributed by atoms with van der Waals surface area (Å²) in [5, 5.41) is 11.3. The second kappa shape index (κ2) is 8.26. The Balaban J connectivity index is 1.42. The number of sulfonamides is 1. The van der Waals surface area contributed by atoms with Crippen molar-refractivity contribution in [2.45, 2.75) is 44.1 Å². The topological polar surface area (TPSA) is 67.2 Å². The fourth-order valence-electron chi connectivity index (χ4n) is 7.60. The third-order valence-electron chi connectivity index (χ3n) is 8.72. The van der Waals surface area contributed by atoms with Gasteiger partial charge in [-0.2, -0.15) is 5.10 Å². The number of halogens is 2. The standard InChI is InChI=1S/C28H28Cl2N4O2S/c1-33-27-25(23(16-37(33,35)36)31-28-13-17-10-18(14-28)12-19(11-17)15-28)32-34(24-5-3-2-4-22(24)30)26(27)20-6-8-21(29)9-7-20/h2-9,16-19,31H,10-15H2,1H3. The van der Waals surface area contributed by atoms with Crippen molar-refractivity contribution >= 4 is 44.6 Å². The zero-order chi connectivity index (χ0) is 25.5. The molecule has 6 nitrogen and oxygen atoms in total. The molecule has 0 spiro atoms. The summed E-state index contributed by atoms with van der Waals surface area (Å²) in [6.45, 7) is 0. The molecule has 2 aromatic carbocycles. The van der Waals surface area contributed by atoms with Crippen LogP contribution in [0.2, 0.25) is 10.0 Å². The van der Waals surface area contributed by atoms with Crippen molar-refractivity contribution in [2.75, 3.05) is 11.4 Å². The van der Waals surface area contributed by atoms with Crippen molar-refractivity contribution in [3.63, 3.8) is 0 Å². The number of anilines is 1. The van der Waals surface area contributed by atoms with E-state index in [2.05, 4.69) is 5.32 Å². The van der Waals surface area contributed by atoms with E-state index < -0.39 is 10.0 Å². The SMILES string of the molecule is CN1c2c(nn(-c3ccccc3Cl)c2-c2ccc(Cl)cc2)C(NC23CC4CC(CC(C4)C2)C3)=CS1(=O)=O. The average Bonchev–Trinajstić information content (AvgIpc) is 3.23. The quantitative estimate of drug-likeness (QED) is 0.400. The number of para-hydroxylation sites is 1. The molecule has 1 aromatic heterocycles. The molecule has 2 heterocycles. The molecule has 1 aliphatic heterocycles. The molecule has 1 N–H and O–H groups in total. The number of hydrogen-bond acceptors (Lipinski definition) is 4. The van der Waals surface area contributed by atoms with Gasteiger partial charge < -0.3 is 5.32 Å². The van der Waals surface area contributed by atoms with Crippen molar-refractivity contribution < 1.29 is 8.42 Å². The van der Waals surface area contributed by atoms with Gasteiger partial charge in [0.2, 0.25) is 0 Å². The summed E-state index contributed by atoms with van der Waals surface area (Å²) in [5.41, 5.74) is 3.81. The monoisotopic (exact) mass is 554 g/mol. The zero-order valence-corrected chi connectivity index (χ0v) is 22.8. The largest absolute Gasteiger partial charge is 0.377 e. The molecule has 0 atom stereocenters. The number of hydrogen-bond donors (Lipinski definition) is 1. The minimum atomic E-state index is -3.73. The molecule has 192 valence electrons. The molecule has 0 amide bonds. The maximum atomic E-state index is 13.5. The first-order chi connectivity index (χ1) is 17.7. The lowest BCUT2D eigenvalue weighted by atomic mass is 9.53. The van der Waals surface area contributed by atoms with Crippen LogP contribution < -0.4 is 9.62 Å². The highest BCUT2D eigenvalue weighted by Gasteiger charge is 2.52. The fraction of sp³-hybridized carbons (Fsp3) is 0.393. The first-order valence-corrected chi connectivity index (χ1v) is 15.1. The maximum absolute atomic E-state index is 13.5. The molecule has 3 aromatic rings. The van der Waals surface area contributed by atoms with Crippen molar-refractivity contribution in [1.82, 2.24) is 15.1 Å². The van der Waals surface area contributed by atoms with Crippen LogP contribution >= 0.6 is 23.2 Å². The highest BCUT2D eigenvalue weighted by Crippen LogP contribution is 2.56. The molecular weight excluding hydrogens is 527 g/mol. The molecule has 4 aliphatic carbocycles. The summed E-state index contributed by atoms with van der Waals surface area (Å²) >= 11 is 12.8. The number of aromatic nitrogens is 2. The highest BCUT2D eigenvalue weighted by molar-refractivity contribution is 7.95. The number of nitrogens with zero attached hydrogens (tertiary/aromatic N) is 3. The Morgan fingerprint density at radius 2 is 1.57 bits per heavy atom. The highest BCUT2D eigenvalue weighted by atomic mass is 35.5. The summed E-state index contributed by atoms with van der Waals surface area (Å²) in [6, 6.07) is 14.9. The van der Waals surface area contributed by atoms with E-state index in [0.29, 0.717) is 38.5 Å². The molecular formula is C28H28Cl2N4O2S. The number of fused-ring (bicyclic) bond motifs is 1. The Morgan fingerprint density at radius 1 is 0.946 bits per heavy atom. The summed E-state index contributed by atoms with van der Waals surface area (Å²) < 4.78 is 30.1. The molecule has 37 heavy (non-hydrogen) atoms. The van der Waals surface area contributed by atoms with Gasteiger partial charge in [-0.3, -0.25) is 4.31 Å². The van der Waals surface area contributed by atoms with Crippen LogP contribution in [-0.2, 0) is 10.0 Å². The van der Waals surface area contributed by atoms with Crippen LogP contribution in [0.3, 0.4) is 0 Å². The molecule has 5 aliphatic rings. The van der Waals surface area contributed by atoms with Gasteiger partial charge in [0.05, 0.1) is 27.5 Å². The van der Waals surface area contributed by atoms with Crippen LogP contribution in [-0.4, -0.2) is 30.8 Å². The van der Waals surface area contributed by atoms with E-state index in [-0.39, 0.29) is 5.54 Å². The van der Waals surface area contributed by atoms with Gasteiger partial charge in [-0.15, -0.1) is 0 Å². The predicted octanol–water partition coefficient (Wildman–Crippen LogP) is 6.48. The van der Waals surface area contributed by atoms with Crippen LogP contribution in [0.1, 0.15) is 44.2 Å². The van der Waals surface area contributed by atoms with E-state index in [4.69, 9.17) is 28.3 Å². The van der Waals surface area contributed by atoms with E-state index in [1.165, 1.54) is 29.0 Å². The van der Waals surface area contributed by atoms with Crippen LogP contribution in [0.25, 0.3) is 22.6 Å². The predicted molar refractivity (Wildman–Crippen MR) is 148 cm³/mol. The lowest BCUT2D eigenvalue weighted by Crippen LogP contribution is -2.58. The second-order valence-electron chi connectivity index (χ2n) is 11.3. The van der Waals surface area contributed by atoms with Gasteiger partial charge in [-0.1, -0.05) is 47.5 Å². The van der Waals surface area contributed by atoms with Crippen molar-refractivity contribution in [3.05, 3.63) is 69.7 Å². The van der Waals surface area contributed by atoms with Gasteiger partial charge in [-0.25, -0.2) is 13.1 Å². The summed E-state index contributed by atoms with van der Waals surface area (Å²) in [5.74, 6) is 2.19. The Morgan fingerprint density at radius 3 is 2.19 bits per heavy atom. The first-order valence-electron chi connectivity index (χ1n) is 12.8. The fourth-order valence-corrected chi connectivity index (χ4v) is 9.00. The van der Waals surface area contributed by atoms with E-state index in [0.717, 1.165) is 42.6 Å². The third kappa shape index (κ3) is 3.81.